The van der Waals surface area contributed by atoms with Crippen molar-refractivity contribution in [2.24, 2.45) is 0 Å². The molecule has 0 saturated carbocycles. The molecule has 2 rings (SSSR count). The summed E-state index contributed by atoms with van der Waals surface area (Å²) in [6.45, 7) is 1.49. The molecule has 0 amide bonds. The van der Waals surface area contributed by atoms with E-state index in [-0.39, 0.29) is 22.2 Å². The van der Waals surface area contributed by atoms with Crippen LogP contribution in [0.2, 0.25) is 0 Å². The maximum absolute atomic E-state index is 11.2. The van der Waals surface area contributed by atoms with Gasteiger partial charge in [-0.15, -0.1) is 23.4 Å². The molecular weight excluding hydrogens is 244 g/mol. The van der Waals surface area contributed by atoms with Gasteiger partial charge in [-0.1, -0.05) is 18.2 Å². The van der Waals surface area contributed by atoms with Crippen LogP contribution in [-0.4, -0.2) is 27.3 Å². The fraction of sp³-hybridized carbons (Fsp3) is 0.417. The first kappa shape index (κ1) is 11.8. The van der Waals surface area contributed by atoms with Crippen LogP contribution in [0.15, 0.2) is 35.1 Å². The Morgan fingerprint density at radius 1 is 1.62 bits per heavy atom. The lowest BCUT2D eigenvalue weighted by atomic mass is 10.0. The Balaban J connectivity index is 2.20. The van der Waals surface area contributed by atoms with Gasteiger partial charge in [0.05, 0.1) is 10.6 Å². The smallest absolute Gasteiger partial charge is 0.160 e. The number of carbonyl (C=O) groups excluding carboxylic acids is 1. The number of hydrogen-bond donors (Lipinski definition) is 1. The van der Waals surface area contributed by atoms with E-state index in [2.05, 4.69) is 0 Å². The summed E-state index contributed by atoms with van der Waals surface area (Å²) in [4.78, 5) is 11.2. The molecule has 1 aliphatic carbocycles. The van der Waals surface area contributed by atoms with Crippen molar-refractivity contribution in [2.75, 3.05) is 5.75 Å². The van der Waals surface area contributed by atoms with Gasteiger partial charge in [0.2, 0.25) is 0 Å². The first-order chi connectivity index (χ1) is 7.59. The van der Waals surface area contributed by atoms with Crippen molar-refractivity contribution in [3.8, 4) is 0 Å². The highest BCUT2D eigenvalue weighted by atomic mass is 35.5. The summed E-state index contributed by atoms with van der Waals surface area (Å²) >= 11 is 7.52. The molecule has 1 aliphatic heterocycles. The molecule has 0 aromatic heterocycles. The van der Waals surface area contributed by atoms with E-state index in [0.29, 0.717) is 11.3 Å². The largest absolute Gasteiger partial charge is 0.510 e. The number of hydrogen-bond acceptors (Lipinski definition) is 3. The molecule has 16 heavy (non-hydrogen) atoms. The molecular formula is C12H13ClO2S. The van der Waals surface area contributed by atoms with Crippen LogP contribution in [0.4, 0.5) is 0 Å². The monoisotopic (exact) mass is 256 g/mol. The van der Waals surface area contributed by atoms with E-state index in [0.717, 1.165) is 12.0 Å². The highest BCUT2D eigenvalue weighted by Gasteiger charge is 2.30. The molecule has 1 N–H and O–H groups in total. The lowest BCUT2D eigenvalue weighted by molar-refractivity contribution is -0.113. The molecule has 2 atom stereocenters. The number of thioether (sulfide) groups is 1. The van der Waals surface area contributed by atoms with E-state index in [1.54, 1.807) is 11.8 Å². The topological polar surface area (TPSA) is 37.3 Å². The summed E-state index contributed by atoms with van der Waals surface area (Å²) in [7, 11) is 0. The van der Waals surface area contributed by atoms with Gasteiger partial charge in [0.25, 0.3) is 0 Å². The molecule has 0 saturated heterocycles. The number of ketones is 1. The fourth-order valence-corrected chi connectivity index (χ4v) is 3.33. The maximum atomic E-state index is 11.2. The normalized spacial score (nSPS) is 29.5. The number of aliphatic hydroxyl groups is 1. The van der Waals surface area contributed by atoms with E-state index in [1.165, 1.54) is 6.92 Å². The molecule has 2 unspecified atom stereocenters. The molecule has 2 aliphatic rings. The van der Waals surface area contributed by atoms with E-state index >= 15 is 0 Å². The molecule has 0 spiro atoms. The minimum absolute atomic E-state index is 0.0388. The van der Waals surface area contributed by atoms with Gasteiger partial charge in [-0.05, 0) is 18.9 Å². The van der Waals surface area contributed by atoms with Crippen molar-refractivity contribution < 1.29 is 9.90 Å². The molecule has 0 bridgehead atoms. The average molecular weight is 257 g/mol. The molecule has 4 heteroatoms. The van der Waals surface area contributed by atoms with Gasteiger partial charge < -0.3 is 5.11 Å². The Kier molecular flexibility index (Phi) is 3.45. The summed E-state index contributed by atoms with van der Waals surface area (Å²) in [5.41, 5.74) is 1.60. The second-order valence-corrected chi connectivity index (χ2v) is 5.58. The summed E-state index contributed by atoms with van der Waals surface area (Å²) in [6.07, 6.45) is 6.69. The Bertz CT molecular complexity index is 409. The highest BCUT2D eigenvalue weighted by Crippen LogP contribution is 2.37. The minimum Gasteiger partial charge on any atom is -0.510 e. The summed E-state index contributed by atoms with van der Waals surface area (Å²) in [5.74, 6) is 0.783. The van der Waals surface area contributed by atoms with Crippen LogP contribution in [-0.2, 0) is 4.79 Å². The predicted octanol–water partition coefficient (Wildman–Crippen LogP) is 3.00. The number of aliphatic hydroxyl groups excluding tert-OH is 1. The lowest BCUT2D eigenvalue weighted by Gasteiger charge is -2.16. The van der Waals surface area contributed by atoms with Crippen LogP contribution in [0.3, 0.4) is 0 Å². The minimum atomic E-state index is -0.0840. The zero-order chi connectivity index (χ0) is 11.7. The summed E-state index contributed by atoms with van der Waals surface area (Å²) < 4.78 is 0. The van der Waals surface area contributed by atoms with Crippen LogP contribution in [0.25, 0.3) is 0 Å². The average Bonchev–Trinajstić information content (AvgIpc) is 2.61. The fourth-order valence-electron chi connectivity index (χ4n) is 1.82. The first-order valence-corrected chi connectivity index (χ1v) is 6.65. The quantitative estimate of drug-likeness (QED) is 0.772. The predicted molar refractivity (Wildman–Crippen MR) is 68.1 cm³/mol. The SMILES string of the molecule is CC(=O)C1=C(O)C(C2=CCC(Cl)C=C2)SC1. The standard InChI is InChI=1S/C12H13ClO2S/c1-7(14)10-6-16-12(11(10)15)8-2-4-9(13)5-3-8/h2-4,9,12,15H,5-6H2,1H3. The van der Waals surface area contributed by atoms with Crippen LogP contribution in [0.1, 0.15) is 13.3 Å². The zero-order valence-corrected chi connectivity index (χ0v) is 10.5. The van der Waals surface area contributed by atoms with Crippen LogP contribution in [0.5, 0.6) is 0 Å². The molecule has 0 fully saturated rings. The highest BCUT2D eigenvalue weighted by molar-refractivity contribution is 8.00. The van der Waals surface area contributed by atoms with Crippen molar-refractivity contribution >= 4 is 29.1 Å². The van der Waals surface area contributed by atoms with Crippen molar-refractivity contribution in [1.29, 1.82) is 0 Å². The maximum Gasteiger partial charge on any atom is 0.160 e. The van der Waals surface area contributed by atoms with Gasteiger partial charge in [0.1, 0.15) is 5.76 Å². The Morgan fingerprint density at radius 2 is 2.38 bits per heavy atom. The number of allylic oxidation sites excluding steroid dienone is 3. The number of carbonyl (C=O) groups is 1. The molecule has 0 aromatic carbocycles. The number of rotatable bonds is 2. The molecule has 1 heterocycles. The van der Waals surface area contributed by atoms with Gasteiger partial charge in [-0.2, -0.15) is 0 Å². The Morgan fingerprint density at radius 3 is 2.88 bits per heavy atom. The Labute approximate surface area is 104 Å². The van der Waals surface area contributed by atoms with Gasteiger partial charge in [-0.25, -0.2) is 0 Å². The molecule has 0 aromatic rings. The third-order valence-electron chi connectivity index (χ3n) is 2.76. The second kappa shape index (κ2) is 4.68. The summed E-state index contributed by atoms with van der Waals surface area (Å²) in [5, 5.41) is 9.93. The van der Waals surface area contributed by atoms with Gasteiger partial charge >= 0.3 is 0 Å². The van der Waals surface area contributed by atoms with Crippen LogP contribution >= 0.6 is 23.4 Å². The summed E-state index contributed by atoms with van der Waals surface area (Å²) in [6, 6.07) is 0. The third-order valence-corrected chi connectivity index (χ3v) is 4.36. The van der Waals surface area contributed by atoms with Crippen LogP contribution < -0.4 is 0 Å². The van der Waals surface area contributed by atoms with E-state index in [4.69, 9.17) is 11.6 Å². The van der Waals surface area contributed by atoms with Crippen LogP contribution in [0, 0.1) is 0 Å². The number of alkyl halides is 1. The second-order valence-electron chi connectivity index (χ2n) is 3.93. The zero-order valence-electron chi connectivity index (χ0n) is 8.94. The van der Waals surface area contributed by atoms with Crippen molar-refractivity contribution in [1.82, 2.24) is 0 Å². The third kappa shape index (κ3) is 2.20. The van der Waals surface area contributed by atoms with Gasteiger partial charge in [0, 0.05) is 11.3 Å². The van der Waals surface area contributed by atoms with Crippen molar-refractivity contribution in [2.45, 2.75) is 24.0 Å². The number of halogens is 1. The first-order valence-electron chi connectivity index (χ1n) is 5.16. The Hall–Kier alpha value is -0.670. The van der Waals surface area contributed by atoms with E-state index < -0.39 is 0 Å². The molecule has 0 radical (unpaired) electrons. The molecule has 2 nitrogen and oxygen atoms in total. The van der Waals surface area contributed by atoms with E-state index in [1.807, 2.05) is 18.2 Å². The van der Waals surface area contributed by atoms with Crippen molar-refractivity contribution in [3.63, 3.8) is 0 Å². The van der Waals surface area contributed by atoms with Crippen molar-refractivity contribution in [3.05, 3.63) is 35.1 Å². The van der Waals surface area contributed by atoms with Gasteiger partial charge in [-0.3, -0.25) is 4.79 Å². The number of Topliss-reactive ketones (excluding diaryl/α,β-unsaturated/α-hetero) is 1. The van der Waals surface area contributed by atoms with Gasteiger partial charge in [0.15, 0.2) is 5.78 Å². The molecule has 86 valence electrons. The van der Waals surface area contributed by atoms with E-state index in [9.17, 15) is 9.90 Å². The lowest BCUT2D eigenvalue weighted by Crippen LogP contribution is -2.10.